The van der Waals surface area contributed by atoms with Gasteiger partial charge in [0.05, 0.1) is 36.1 Å². The van der Waals surface area contributed by atoms with E-state index >= 15 is 0 Å². The molecule has 7 nitrogen and oxygen atoms in total. The summed E-state index contributed by atoms with van der Waals surface area (Å²) >= 11 is 5.88. The molecule has 39 heavy (non-hydrogen) atoms. The van der Waals surface area contributed by atoms with Gasteiger partial charge in [0.2, 0.25) is 0 Å². The molecule has 1 aliphatic heterocycles. The fourth-order valence-electron chi connectivity index (χ4n) is 5.43. The summed E-state index contributed by atoms with van der Waals surface area (Å²) in [6.07, 6.45) is 2.73. The highest BCUT2D eigenvalue weighted by atomic mass is 32.1. The molecule has 2 aromatic heterocycles. The van der Waals surface area contributed by atoms with Crippen LogP contribution in [-0.2, 0) is 4.74 Å². The van der Waals surface area contributed by atoms with E-state index < -0.39 is 0 Å². The summed E-state index contributed by atoms with van der Waals surface area (Å²) in [4.78, 5) is 19.5. The maximum atomic E-state index is 12.6. The highest BCUT2D eigenvalue weighted by Gasteiger charge is 2.41. The van der Waals surface area contributed by atoms with Crippen molar-refractivity contribution in [3.63, 3.8) is 0 Å². The Hall–Kier alpha value is -4.17. The number of hydrogen-bond acceptors (Lipinski definition) is 5. The normalized spacial score (nSPS) is 16.7. The van der Waals surface area contributed by atoms with Crippen molar-refractivity contribution in [3.05, 3.63) is 113 Å². The molecule has 8 heteroatoms. The smallest absolute Gasteiger partial charge is 0.339 e. The number of anilines is 1. The first-order valence-electron chi connectivity index (χ1n) is 13.1. The van der Waals surface area contributed by atoms with E-state index in [1.165, 1.54) is 7.11 Å². The predicted molar refractivity (Wildman–Crippen MR) is 158 cm³/mol. The Labute approximate surface area is 234 Å². The van der Waals surface area contributed by atoms with Crippen molar-refractivity contribution in [2.45, 2.75) is 32.4 Å². The van der Waals surface area contributed by atoms with E-state index in [0.717, 1.165) is 58.6 Å². The summed E-state index contributed by atoms with van der Waals surface area (Å²) < 4.78 is 7.21. The van der Waals surface area contributed by atoms with Crippen LogP contribution in [0.15, 0.2) is 85.1 Å². The molecule has 2 N–H and O–H groups in total. The Kier molecular flexibility index (Phi) is 7.93. The van der Waals surface area contributed by atoms with E-state index in [2.05, 4.69) is 57.1 Å². The maximum absolute atomic E-state index is 12.6. The first-order valence-corrected chi connectivity index (χ1v) is 13.5. The lowest BCUT2D eigenvalue weighted by Crippen LogP contribution is -2.31. The highest BCUT2D eigenvalue weighted by Crippen LogP contribution is 2.41. The fraction of sp³-hybridized carbons (Fsp3) is 0.258. The molecule has 2 atom stereocenters. The third-order valence-electron chi connectivity index (χ3n) is 7.22. The van der Waals surface area contributed by atoms with Crippen LogP contribution in [0.4, 0.5) is 5.69 Å². The summed E-state index contributed by atoms with van der Waals surface area (Å²) in [5.74, 6) is -0.359. The van der Waals surface area contributed by atoms with Gasteiger partial charge in [-0.15, -0.1) is 0 Å². The molecule has 0 saturated carbocycles. The van der Waals surface area contributed by atoms with Gasteiger partial charge in [0.15, 0.2) is 5.11 Å². The van der Waals surface area contributed by atoms with Crippen LogP contribution in [0.5, 0.6) is 0 Å². The summed E-state index contributed by atoms with van der Waals surface area (Å²) in [6, 6.07) is 25.8. The summed E-state index contributed by atoms with van der Waals surface area (Å²) in [7, 11) is 1.41. The van der Waals surface area contributed by atoms with Gasteiger partial charge in [-0.3, -0.25) is 4.98 Å². The minimum atomic E-state index is -0.359. The molecule has 0 aliphatic carbocycles. The number of ether oxygens (including phenoxy) is 1. The number of para-hydroxylation sites is 2. The van der Waals surface area contributed by atoms with Crippen molar-refractivity contribution in [1.82, 2.24) is 19.8 Å². The second-order valence-corrected chi connectivity index (χ2v) is 10.0. The SMILES string of the molecule is COC(=O)c1ccccc1-n1c(C)cc([C@@H]2[C@H](c3ccccn3)NC(=S)N2CCCNc2ccccc2)c1C. The Morgan fingerprint density at radius 3 is 2.54 bits per heavy atom. The summed E-state index contributed by atoms with van der Waals surface area (Å²) in [5, 5.41) is 7.77. The Balaban J connectivity index is 1.49. The van der Waals surface area contributed by atoms with Crippen molar-refractivity contribution in [2.75, 3.05) is 25.5 Å². The van der Waals surface area contributed by atoms with Crippen molar-refractivity contribution in [1.29, 1.82) is 0 Å². The maximum Gasteiger partial charge on any atom is 0.339 e. The number of thiocarbonyl (C=S) groups is 1. The zero-order valence-electron chi connectivity index (χ0n) is 22.4. The Bertz CT molecular complexity index is 1450. The van der Waals surface area contributed by atoms with E-state index in [4.69, 9.17) is 17.0 Å². The quantitative estimate of drug-likeness (QED) is 0.159. The van der Waals surface area contributed by atoms with Gasteiger partial charge in [0.25, 0.3) is 0 Å². The molecule has 5 rings (SSSR count). The van der Waals surface area contributed by atoms with Crippen LogP contribution in [0, 0.1) is 13.8 Å². The number of aromatic nitrogens is 2. The van der Waals surface area contributed by atoms with Crippen LogP contribution in [0.2, 0.25) is 0 Å². The number of benzene rings is 2. The third-order valence-corrected chi connectivity index (χ3v) is 7.57. The molecule has 4 aromatic rings. The average Bonchev–Trinajstić information content (AvgIpc) is 3.45. The second kappa shape index (κ2) is 11.7. The van der Waals surface area contributed by atoms with E-state index in [0.29, 0.717) is 5.56 Å². The molecule has 2 aromatic carbocycles. The van der Waals surface area contributed by atoms with E-state index in [-0.39, 0.29) is 18.1 Å². The minimum absolute atomic E-state index is 0.0608. The van der Waals surface area contributed by atoms with Gasteiger partial charge in [-0.25, -0.2) is 4.79 Å². The lowest BCUT2D eigenvalue weighted by Gasteiger charge is -2.28. The number of esters is 1. The first kappa shape index (κ1) is 26.4. The van der Waals surface area contributed by atoms with Gasteiger partial charge < -0.3 is 24.8 Å². The number of methoxy groups -OCH3 is 1. The summed E-state index contributed by atoms with van der Waals surface area (Å²) in [5.41, 5.74) is 6.59. The van der Waals surface area contributed by atoms with Crippen LogP contribution < -0.4 is 10.6 Å². The van der Waals surface area contributed by atoms with E-state index in [1.54, 1.807) is 6.07 Å². The number of pyridine rings is 1. The van der Waals surface area contributed by atoms with Crippen molar-refractivity contribution in [2.24, 2.45) is 0 Å². The number of rotatable bonds is 9. The molecular formula is C31H33N5O2S. The van der Waals surface area contributed by atoms with Gasteiger partial charge in [-0.2, -0.15) is 0 Å². The van der Waals surface area contributed by atoms with Crippen LogP contribution in [0.25, 0.3) is 5.69 Å². The number of aryl methyl sites for hydroxylation is 1. The van der Waals surface area contributed by atoms with E-state index in [1.807, 2.05) is 60.8 Å². The Morgan fingerprint density at radius 2 is 1.79 bits per heavy atom. The first-order chi connectivity index (χ1) is 19.0. The molecule has 200 valence electrons. The molecule has 0 unspecified atom stereocenters. The number of carbonyl (C=O) groups excluding carboxylic acids is 1. The number of carbonyl (C=O) groups is 1. The number of nitrogens with zero attached hydrogens (tertiary/aromatic N) is 3. The predicted octanol–water partition coefficient (Wildman–Crippen LogP) is 5.75. The zero-order valence-corrected chi connectivity index (χ0v) is 23.2. The van der Waals surface area contributed by atoms with Crippen molar-refractivity contribution >= 4 is 29.0 Å². The fourth-order valence-corrected chi connectivity index (χ4v) is 5.76. The van der Waals surface area contributed by atoms with Crippen molar-refractivity contribution in [3.8, 4) is 5.69 Å². The molecule has 3 heterocycles. The zero-order chi connectivity index (χ0) is 27.4. The lowest BCUT2D eigenvalue weighted by atomic mass is 9.96. The molecule has 1 saturated heterocycles. The molecule has 0 spiro atoms. The van der Waals surface area contributed by atoms with Gasteiger partial charge in [-0.1, -0.05) is 36.4 Å². The molecule has 0 amide bonds. The topological polar surface area (TPSA) is 71.4 Å². The molecule has 1 aliphatic rings. The lowest BCUT2D eigenvalue weighted by molar-refractivity contribution is 0.0600. The van der Waals surface area contributed by atoms with Gasteiger partial charge in [0, 0.05) is 36.4 Å². The van der Waals surface area contributed by atoms with Crippen LogP contribution in [0.3, 0.4) is 0 Å². The van der Waals surface area contributed by atoms with Crippen LogP contribution in [0.1, 0.15) is 51.5 Å². The Morgan fingerprint density at radius 1 is 1.05 bits per heavy atom. The minimum Gasteiger partial charge on any atom is -0.465 e. The summed E-state index contributed by atoms with van der Waals surface area (Å²) in [6.45, 7) is 5.77. The number of hydrogen-bond donors (Lipinski definition) is 2. The van der Waals surface area contributed by atoms with Crippen LogP contribution >= 0.6 is 12.2 Å². The molecule has 0 bridgehead atoms. The number of nitrogens with one attached hydrogen (secondary N) is 2. The van der Waals surface area contributed by atoms with Crippen LogP contribution in [-0.4, -0.2) is 45.7 Å². The highest BCUT2D eigenvalue weighted by molar-refractivity contribution is 7.80. The third kappa shape index (κ3) is 5.38. The second-order valence-electron chi connectivity index (χ2n) is 9.64. The molecule has 1 fully saturated rings. The largest absolute Gasteiger partial charge is 0.465 e. The van der Waals surface area contributed by atoms with Gasteiger partial charge in [-0.05, 0) is 80.5 Å². The van der Waals surface area contributed by atoms with Crippen molar-refractivity contribution < 1.29 is 9.53 Å². The van der Waals surface area contributed by atoms with E-state index in [9.17, 15) is 4.79 Å². The standard InChI is InChI=1S/C31H33N5O2S/c1-21-20-25(22(2)36(21)27-16-8-7-14-24(27)30(37)38-3)29-28(26-15-9-10-17-33-26)34-31(39)35(29)19-11-18-32-23-12-5-4-6-13-23/h4-10,12-17,20,28-29,32H,11,18-19H2,1-3H3,(H,34,39)/t28-,29+/m0/s1. The van der Waals surface area contributed by atoms with Gasteiger partial charge >= 0.3 is 5.97 Å². The monoisotopic (exact) mass is 539 g/mol. The average molecular weight is 540 g/mol. The molecular weight excluding hydrogens is 506 g/mol. The van der Waals surface area contributed by atoms with Gasteiger partial charge in [0.1, 0.15) is 0 Å². The molecule has 0 radical (unpaired) electrons.